The van der Waals surface area contributed by atoms with Crippen LogP contribution in [0, 0.1) is 13.8 Å². The molecular weight excluding hydrogens is 326 g/mol. The van der Waals surface area contributed by atoms with Crippen molar-refractivity contribution in [2.45, 2.75) is 31.7 Å². The predicted octanol–water partition coefficient (Wildman–Crippen LogP) is 0.807. The number of amides is 1. The Morgan fingerprint density at radius 2 is 2.00 bits per heavy atom. The number of aryl methyl sites for hydroxylation is 1. The standard InChI is InChI=1S/C14H21N3O3S.ClH/c1-9-6-12(7-13(11(9)3)21(15,19)20)14(18)17-5-4-16-8-10(17)2;/h6-7,10,16H,4-5,8H2,1-3H3,(H2,15,19,20);1H/t10-;/m0./s1. The molecule has 0 saturated carbocycles. The minimum atomic E-state index is -3.84. The maximum Gasteiger partial charge on any atom is 0.254 e. The van der Waals surface area contributed by atoms with E-state index in [2.05, 4.69) is 5.32 Å². The zero-order chi connectivity index (χ0) is 15.8. The van der Waals surface area contributed by atoms with Crippen LogP contribution < -0.4 is 10.5 Å². The molecule has 0 unspecified atom stereocenters. The van der Waals surface area contributed by atoms with Crippen molar-refractivity contribution in [1.29, 1.82) is 0 Å². The lowest BCUT2D eigenvalue weighted by Gasteiger charge is -2.34. The zero-order valence-corrected chi connectivity index (χ0v) is 14.6. The van der Waals surface area contributed by atoms with Crippen LogP contribution in [0.2, 0.25) is 0 Å². The van der Waals surface area contributed by atoms with Crippen LogP contribution in [-0.2, 0) is 10.0 Å². The van der Waals surface area contributed by atoms with Gasteiger partial charge in [-0.1, -0.05) is 0 Å². The monoisotopic (exact) mass is 347 g/mol. The van der Waals surface area contributed by atoms with Gasteiger partial charge in [0.25, 0.3) is 5.91 Å². The van der Waals surface area contributed by atoms with E-state index in [1.54, 1.807) is 24.8 Å². The highest BCUT2D eigenvalue weighted by atomic mass is 35.5. The highest BCUT2D eigenvalue weighted by Gasteiger charge is 2.26. The van der Waals surface area contributed by atoms with Crippen LogP contribution in [0.15, 0.2) is 17.0 Å². The number of halogens is 1. The number of nitrogens with one attached hydrogen (secondary N) is 1. The third kappa shape index (κ3) is 3.78. The number of piperazine rings is 1. The van der Waals surface area contributed by atoms with Crippen LogP contribution >= 0.6 is 12.4 Å². The van der Waals surface area contributed by atoms with E-state index < -0.39 is 10.0 Å². The fourth-order valence-corrected chi connectivity index (χ4v) is 3.43. The molecule has 1 aliphatic heterocycles. The number of nitrogens with zero attached hydrogens (tertiary/aromatic N) is 1. The van der Waals surface area contributed by atoms with Crippen molar-refractivity contribution < 1.29 is 13.2 Å². The maximum atomic E-state index is 12.6. The fourth-order valence-electron chi connectivity index (χ4n) is 2.55. The van der Waals surface area contributed by atoms with Crippen molar-refractivity contribution >= 4 is 28.3 Å². The lowest BCUT2D eigenvalue weighted by molar-refractivity contribution is 0.0655. The smallest absolute Gasteiger partial charge is 0.254 e. The van der Waals surface area contributed by atoms with Crippen LogP contribution in [0.25, 0.3) is 0 Å². The average Bonchev–Trinajstić information content (AvgIpc) is 2.40. The normalized spacial score (nSPS) is 18.7. The summed E-state index contributed by atoms with van der Waals surface area (Å²) < 4.78 is 23.3. The van der Waals surface area contributed by atoms with Crippen molar-refractivity contribution in [3.8, 4) is 0 Å². The van der Waals surface area contributed by atoms with E-state index in [0.717, 1.165) is 18.7 Å². The van der Waals surface area contributed by atoms with Crippen molar-refractivity contribution in [1.82, 2.24) is 10.2 Å². The second kappa shape index (κ2) is 6.95. The molecule has 1 saturated heterocycles. The summed E-state index contributed by atoms with van der Waals surface area (Å²) in [5.41, 5.74) is 1.70. The van der Waals surface area contributed by atoms with Gasteiger partial charge in [0.2, 0.25) is 10.0 Å². The van der Waals surface area contributed by atoms with Crippen LogP contribution in [0.5, 0.6) is 0 Å². The van der Waals surface area contributed by atoms with E-state index in [-0.39, 0.29) is 29.3 Å². The summed E-state index contributed by atoms with van der Waals surface area (Å²) in [6.45, 7) is 7.52. The number of rotatable bonds is 2. The van der Waals surface area contributed by atoms with Gasteiger partial charge in [0.05, 0.1) is 4.90 Å². The van der Waals surface area contributed by atoms with E-state index in [9.17, 15) is 13.2 Å². The Morgan fingerprint density at radius 3 is 2.55 bits per heavy atom. The number of carbonyl (C=O) groups excluding carboxylic acids is 1. The first-order valence-corrected chi connectivity index (χ1v) is 8.42. The van der Waals surface area contributed by atoms with Crippen molar-refractivity contribution in [3.63, 3.8) is 0 Å². The van der Waals surface area contributed by atoms with Gasteiger partial charge in [0.1, 0.15) is 0 Å². The molecule has 0 spiro atoms. The molecule has 22 heavy (non-hydrogen) atoms. The largest absolute Gasteiger partial charge is 0.333 e. The maximum absolute atomic E-state index is 12.6. The number of carbonyl (C=O) groups is 1. The van der Waals surface area contributed by atoms with E-state index in [1.165, 1.54) is 6.07 Å². The molecule has 0 aliphatic carbocycles. The molecule has 124 valence electrons. The second-order valence-electron chi connectivity index (χ2n) is 5.51. The quantitative estimate of drug-likeness (QED) is 0.827. The van der Waals surface area contributed by atoms with E-state index in [4.69, 9.17) is 5.14 Å². The molecule has 1 heterocycles. The van der Waals surface area contributed by atoms with E-state index in [0.29, 0.717) is 17.7 Å². The van der Waals surface area contributed by atoms with Crippen LogP contribution in [0.3, 0.4) is 0 Å². The predicted molar refractivity (Wildman–Crippen MR) is 87.9 cm³/mol. The molecule has 0 radical (unpaired) electrons. The minimum absolute atomic E-state index is 0. The Bertz CT molecular complexity index is 676. The summed E-state index contributed by atoms with van der Waals surface area (Å²) in [5.74, 6) is -0.156. The molecule has 1 fully saturated rings. The highest BCUT2D eigenvalue weighted by molar-refractivity contribution is 7.89. The van der Waals surface area contributed by atoms with Crippen molar-refractivity contribution in [2.24, 2.45) is 5.14 Å². The summed E-state index contributed by atoms with van der Waals surface area (Å²) in [7, 11) is -3.84. The van der Waals surface area contributed by atoms with E-state index in [1.807, 2.05) is 6.92 Å². The van der Waals surface area contributed by atoms with Gasteiger partial charge in [0, 0.05) is 31.2 Å². The SMILES string of the molecule is Cc1cc(C(=O)N2CCNC[C@@H]2C)cc(S(N)(=O)=O)c1C.Cl. The Labute approximate surface area is 137 Å². The van der Waals surface area contributed by atoms with Crippen molar-refractivity contribution in [2.75, 3.05) is 19.6 Å². The zero-order valence-electron chi connectivity index (χ0n) is 12.9. The van der Waals surface area contributed by atoms with Gasteiger partial charge in [-0.25, -0.2) is 13.6 Å². The lowest BCUT2D eigenvalue weighted by atomic mass is 10.0. The summed E-state index contributed by atoms with van der Waals surface area (Å²) in [6.07, 6.45) is 0. The summed E-state index contributed by atoms with van der Waals surface area (Å²) in [4.78, 5) is 14.4. The summed E-state index contributed by atoms with van der Waals surface area (Å²) in [5, 5.41) is 8.46. The van der Waals surface area contributed by atoms with Gasteiger partial charge >= 0.3 is 0 Å². The van der Waals surface area contributed by atoms with Gasteiger partial charge in [-0.15, -0.1) is 12.4 Å². The van der Waals surface area contributed by atoms with Crippen molar-refractivity contribution in [3.05, 3.63) is 28.8 Å². The Hall–Kier alpha value is -1.15. The molecule has 1 atom stereocenters. The molecule has 3 N–H and O–H groups in total. The molecule has 6 nitrogen and oxygen atoms in total. The van der Waals surface area contributed by atoms with Crippen LogP contribution in [0.1, 0.15) is 28.4 Å². The number of hydrogen-bond acceptors (Lipinski definition) is 4. The van der Waals surface area contributed by atoms with Gasteiger partial charge in [-0.2, -0.15) is 0 Å². The molecule has 1 aliphatic rings. The van der Waals surface area contributed by atoms with Gasteiger partial charge in [0.15, 0.2) is 0 Å². The fraction of sp³-hybridized carbons (Fsp3) is 0.500. The molecule has 2 rings (SSSR count). The van der Waals surface area contributed by atoms with Gasteiger partial charge in [-0.3, -0.25) is 4.79 Å². The second-order valence-corrected chi connectivity index (χ2v) is 7.04. The molecule has 1 aromatic rings. The molecule has 1 aromatic carbocycles. The topological polar surface area (TPSA) is 92.5 Å². The summed E-state index contributed by atoms with van der Waals surface area (Å²) in [6, 6.07) is 3.18. The number of primary sulfonamides is 1. The number of sulfonamides is 1. The van der Waals surface area contributed by atoms with E-state index >= 15 is 0 Å². The lowest BCUT2D eigenvalue weighted by Crippen LogP contribution is -2.52. The van der Waals surface area contributed by atoms with Gasteiger partial charge in [-0.05, 0) is 44.0 Å². The van der Waals surface area contributed by atoms with Gasteiger partial charge < -0.3 is 10.2 Å². The molecule has 8 heteroatoms. The van der Waals surface area contributed by atoms with Crippen LogP contribution in [-0.4, -0.2) is 44.9 Å². The highest BCUT2D eigenvalue weighted by Crippen LogP contribution is 2.22. The molecular formula is C14H22ClN3O3S. The Balaban J connectivity index is 0.00000242. The summed E-state index contributed by atoms with van der Waals surface area (Å²) >= 11 is 0. The van der Waals surface area contributed by atoms with Crippen LogP contribution in [0.4, 0.5) is 0 Å². The number of benzene rings is 1. The first kappa shape index (κ1) is 18.9. The molecule has 0 aromatic heterocycles. The molecule has 1 amide bonds. The third-order valence-corrected chi connectivity index (χ3v) is 4.97. The number of hydrogen-bond donors (Lipinski definition) is 2. The minimum Gasteiger partial charge on any atom is -0.333 e. The first-order valence-electron chi connectivity index (χ1n) is 6.87. The first-order chi connectivity index (χ1) is 9.71. The molecule has 0 bridgehead atoms. The number of nitrogens with two attached hydrogens (primary N) is 1. The third-order valence-electron chi connectivity index (χ3n) is 3.94. The Morgan fingerprint density at radius 1 is 1.36 bits per heavy atom. The average molecular weight is 348 g/mol. The Kier molecular flexibility index (Phi) is 5.97.